The first-order chi connectivity index (χ1) is 48.7. The summed E-state index contributed by atoms with van der Waals surface area (Å²) >= 11 is 12.9. The maximum absolute atomic E-state index is 13.6. The van der Waals surface area contributed by atoms with Gasteiger partial charge in [-0.25, -0.2) is 26.3 Å². The van der Waals surface area contributed by atoms with E-state index in [1.165, 1.54) is 49.9 Å². The van der Waals surface area contributed by atoms with E-state index in [2.05, 4.69) is 43.5 Å². The number of anilines is 2. The second kappa shape index (κ2) is 32.8. The van der Waals surface area contributed by atoms with Crippen LogP contribution in [0.25, 0.3) is 0 Å². The van der Waals surface area contributed by atoms with Crippen LogP contribution in [0.2, 0.25) is 10.0 Å². The summed E-state index contributed by atoms with van der Waals surface area (Å²) < 4.78 is 97.4. The minimum Gasteiger partial charge on any atom is -0.490 e. The first-order valence-corrected chi connectivity index (χ1v) is 40.7. The van der Waals surface area contributed by atoms with Crippen molar-refractivity contribution in [3.63, 3.8) is 0 Å². The number of ketones is 4. The Balaban J connectivity index is 0.000000205. The SMILES string of the molecule is CC[C@@H]1CCCC[C@@](COCC(C)=O)(OCC(C)=O)[C@@H]2CC[C@H]2CN2C[C@@]3(CCCc4cc(Cl)ccc43)COc3ccc(cc32)C(=O)NS1(=O)=O.CC[C@@H]1CCCC[C@](COCC(C)=O)(OCC(C)=O)[C@@H]2CC[C@H]2CN2C[C@@]3(CCCc4cc(Cl)ccc43)COc3ccc(cc32)C(=O)NS1(=O)=O. The van der Waals surface area contributed by atoms with E-state index >= 15 is 0 Å². The molecule has 4 bridgehead atoms. The van der Waals surface area contributed by atoms with Gasteiger partial charge in [0.2, 0.25) is 20.0 Å². The Morgan fingerprint density at radius 2 is 0.912 bits per heavy atom. The van der Waals surface area contributed by atoms with Crippen molar-refractivity contribution in [2.24, 2.45) is 23.7 Å². The predicted molar refractivity (Wildman–Crippen MR) is 392 cm³/mol. The van der Waals surface area contributed by atoms with Gasteiger partial charge in [-0.1, -0.05) is 74.9 Å². The van der Waals surface area contributed by atoms with Crippen molar-refractivity contribution >= 4 is 89.6 Å². The van der Waals surface area contributed by atoms with Gasteiger partial charge >= 0.3 is 0 Å². The third-order valence-electron chi connectivity index (χ3n) is 23.1. The highest BCUT2D eigenvalue weighted by atomic mass is 35.5. The number of hydrogen-bond donors (Lipinski definition) is 2. The number of hydrogen-bond acceptors (Lipinski definition) is 18. The van der Waals surface area contributed by atoms with Gasteiger partial charge in [-0.15, -0.1) is 0 Å². The van der Waals surface area contributed by atoms with E-state index in [0.717, 1.165) is 75.6 Å². The number of amides is 2. The fourth-order valence-electron chi connectivity index (χ4n) is 17.7. The monoisotopic (exact) mass is 1480 g/mol. The molecule has 102 heavy (non-hydrogen) atoms. The van der Waals surface area contributed by atoms with E-state index in [4.69, 9.17) is 51.6 Å². The lowest BCUT2D eigenvalue weighted by molar-refractivity contribution is -0.175. The number of ether oxygens (including phenoxy) is 6. The highest BCUT2D eigenvalue weighted by Crippen LogP contribution is 2.53. The van der Waals surface area contributed by atoms with Crippen LogP contribution in [0.5, 0.6) is 11.5 Å². The van der Waals surface area contributed by atoms with Crippen LogP contribution in [-0.2, 0) is 81.8 Å². The number of carbonyl (C=O) groups is 6. The zero-order valence-corrected chi connectivity index (χ0v) is 63.2. The van der Waals surface area contributed by atoms with Crippen molar-refractivity contribution in [1.82, 2.24) is 9.44 Å². The summed E-state index contributed by atoms with van der Waals surface area (Å²) in [7, 11) is -7.95. The molecule has 24 heteroatoms. The number of fused-ring (bicyclic) bond motifs is 8. The molecule has 2 fully saturated rings. The van der Waals surface area contributed by atoms with Crippen LogP contribution in [0, 0.1) is 23.7 Å². The van der Waals surface area contributed by atoms with E-state index in [1.807, 2.05) is 26.0 Å². The van der Waals surface area contributed by atoms with Gasteiger partial charge in [-0.05, 0) is 237 Å². The van der Waals surface area contributed by atoms with E-state index in [9.17, 15) is 45.6 Å². The molecule has 4 aromatic rings. The van der Waals surface area contributed by atoms with Gasteiger partial charge in [-0.3, -0.25) is 28.8 Å². The standard InChI is InChI=1S/2C39H51ClN2O8S/c2*1-4-32-9-5-6-17-39(50-22-27(3)44,25-48-21-26(2)43)34-13-10-30(34)20-42-23-38(16-7-8-28-18-31(40)12-14-33(28)38)24-49-36-15-11-29(19-35(36)42)37(45)41-51(32,46)47/h2*11-12,14-15,18-19,30,32,34H,4-10,13,16-17,20-25H2,1-3H3,(H,41,45)/t30-,32+,34+,38-,39+;30-,32+,34+,38-,39-/m00/s1. The number of carbonyl (C=O) groups excluding carboxylic acids is 6. The largest absolute Gasteiger partial charge is 0.490 e. The summed E-state index contributed by atoms with van der Waals surface area (Å²) in [5.41, 5.74) is 4.49. The molecule has 4 heterocycles. The van der Waals surface area contributed by atoms with Crippen LogP contribution in [0.3, 0.4) is 0 Å². The van der Waals surface area contributed by atoms with Crippen LogP contribution in [0.4, 0.5) is 11.4 Å². The number of aryl methyl sites for hydroxylation is 2. The zero-order chi connectivity index (χ0) is 72.8. The first-order valence-electron chi connectivity index (χ1n) is 36.8. The molecule has 12 rings (SSSR count). The molecule has 0 unspecified atom stereocenters. The summed E-state index contributed by atoms with van der Waals surface area (Å²) in [5.74, 6) is -0.0481. The smallest absolute Gasteiger partial charge is 0.264 e. The van der Waals surface area contributed by atoms with E-state index in [1.54, 1.807) is 36.4 Å². The van der Waals surface area contributed by atoms with Gasteiger partial charge in [0.1, 0.15) is 37.9 Å². The molecule has 20 nitrogen and oxygen atoms in total. The topological polar surface area (TPSA) is 257 Å². The Morgan fingerprint density at radius 1 is 0.510 bits per heavy atom. The lowest BCUT2D eigenvalue weighted by Gasteiger charge is -2.52. The molecule has 2 N–H and O–H groups in total. The molecule has 8 aliphatic rings. The second-order valence-corrected chi connectivity index (χ2v) is 35.3. The zero-order valence-electron chi connectivity index (χ0n) is 60.0. The lowest BCUT2D eigenvalue weighted by Crippen LogP contribution is -2.56. The Hall–Kier alpha value is -5.98. The molecule has 10 atom stereocenters. The quantitative estimate of drug-likeness (QED) is 0.106. The van der Waals surface area contributed by atoms with Crippen molar-refractivity contribution < 1.29 is 74.0 Å². The molecule has 4 aliphatic carbocycles. The van der Waals surface area contributed by atoms with E-state index in [0.29, 0.717) is 125 Å². The minimum absolute atomic E-state index is 0.0231. The average molecular weight is 1490 g/mol. The number of rotatable bonds is 16. The molecule has 0 radical (unpaired) electrons. The molecular weight excluding hydrogens is 1380 g/mol. The van der Waals surface area contributed by atoms with Crippen molar-refractivity contribution in [1.29, 1.82) is 0 Å². The maximum Gasteiger partial charge on any atom is 0.264 e. The Morgan fingerprint density at radius 3 is 1.27 bits per heavy atom. The van der Waals surface area contributed by atoms with E-state index < -0.39 is 53.6 Å². The van der Waals surface area contributed by atoms with Gasteiger partial charge in [0, 0.05) is 58.2 Å². The van der Waals surface area contributed by atoms with Gasteiger partial charge in [0.25, 0.3) is 11.8 Å². The molecule has 0 saturated heterocycles. The number of sulfonamides is 2. The van der Waals surface area contributed by atoms with Gasteiger partial charge in [0.15, 0.2) is 23.1 Å². The molecule has 556 valence electrons. The van der Waals surface area contributed by atoms with E-state index in [-0.39, 0.29) is 108 Å². The lowest BCUT2D eigenvalue weighted by atomic mass is 9.63. The Kier molecular flexibility index (Phi) is 24.8. The number of halogens is 2. The molecule has 4 aliphatic heterocycles. The van der Waals surface area contributed by atoms with Crippen molar-refractivity contribution in [3.05, 3.63) is 116 Å². The normalized spacial score (nSPS) is 29.1. The number of benzene rings is 4. The molecular formula is C78H102Cl2N4O16S2. The van der Waals surface area contributed by atoms with Crippen molar-refractivity contribution in [2.75, 3.05) is 88.8 Å². The van der Waals surface area contributed by atoms with Crippen LogP contribution in [-0.4, -0.2) is 153 Å². The second-order valence-electron chi connectivity index (χ2n) is 30.5. The summed E-state index contributed by atoms with van der Waals surface area (Å²) in [4.78, 5) is 80.5. The summed E-state index contributed by atoms with van der Waals surface area (Å²) in [6.45, 7) is 13.1. The van der Waals surface area contributed by atoms with Crippen molar-refractivity contribution in [3.8, 4) is 11.5 Å². The van der Waals surface area contributed by atoms with Crippen LogP contribution < -0.4 is 28.7 Å². The van der Waals surface area contributed by atoms with Crippen LogP contribution >= 0.6 is 23.2 Å². The molecule has 2 amide bonds. The van der Waals surface area contributed by atoms with Gasteiger partial charge in [-0.2, -0.15) is 0 Å². The Bertz CT molecular complexity index is 3750. The average Bonchev–Trinajstić information content (AvgIpc) is 1.45. The first kappa shape index (κ1) is 77.1. The maximum atomic E-state index is 13.6. The molecule has 0 aromatic heterocycles. The van der Waals surface area contributed by atoms with Crippen LogP contribution in [0.1, 0.15) is 200 Å². The third kappa shape index (κ3) is 17.4. The summed E-state index contributed by atoms with van der Waals surface area (Å²) in [6, 6.07) is 22.6. The molecule has 2 spiro atoms. The fraction of sp³-hybridized carbons (Fsp3) is 0.615. The number of Topliss-reactive ketones (excluding diaryl/α,β-unsaturated/α-hetero) is 4. The number of nitrogens with zero attached hydrogens (tertiary/aromatic N) is 2. The third-order valence-corrected chi connectivity index (χ3v) is 27.4. The highest BCUT2D eigenvalue weighted by molar-refractivity contribution is 7.91. The molecule has 2 saturated carbocycles. The minimum atomic E-state index is -3.98. The van der Waals surface area contributed by atoms with Crippen LogP contribution in [0.15, 0.2) is 72.8 Å². The summed E-state index contributed by atoms with van der Waals surface area (Å²) in [5, 5.41) is -0.105. The highest BCUT2D eigenvalue weighted by Gasteiger charge is 2.53. The van der Waals surface area contributed by atoms with Gasteiger partial charge < -0.3 is 38.2 Å². The number of nitrogens with one attached hydrogen (secondary N) is 2. The molecule has 4 aromatic carbocycles. The predicted octanol–water partition coefficient (Wildman–Crippen LogP) is 12.4. The Labute approximate surface area is 612 Å². The summed E-state index contributed by atoms with van der Waals surface area (Å²) in [6.07, 6.45) is 14.2. The fourth-order valence-corrected chi connectivity index (χ4v) is 21.0. The van der Waals surface area contributed by atoms with Crippen molar-refractivity contribution in [2.45, 2.75) is 202 Å². The van der Waals surface area contributed by atoms with Gasteiger partial charge in [0.05, 0.1) is 59.5 Å².